The highest BCUT2D eigenvalue weighted by Crippen LogP contribution is 2.24. The zero-order valence-corrected chi connectivity index (χ0v) is 11.2. The smallest absolute Gasteiger partial charge is 0.0246 e. The molecule has 0 radical (unpaired) electrons. The molecule has 0 aromatic heterocycles. The van der Waals surface area contributed by atoms with Crippen LogP contribution in [0.1, 0.15) is 22.3 Å². The maximum atomic E-state index is 3.93. The summed E-state index contributed by atoms with van der Waals surface area (Å²) in [4.78, 5) is 2.52. The molecule has 2 aromatic carbocycles. The Balaban J connectivity index is 1.80. The molecule has 0 amide bonds. The number of hydrogen-bond donors (Lipinski definition) is 0. The molecule has 1 nitrogen and oxygen atoms in total. The molecule has 3 rings (SSSR count). The predicted octanol–water partition coefficient (Wildman–Crippen LogP) is 3.89. The summed E-state index contributed by atoms with van der Waals surface area (Å²) < 4.78 is 0. The Labute approximate surface area is 115 Å². The standard InChI is InChI=1S/C18H19N/c1-2-16-9-6-10-17-11-12-19(14-18(16)17)13-15-7-4-3-5-8-15/h2-10H,1,11-14H2. The second-order valence-corrected chi connectivity index (χ2v) is 5.14. The highest BCUT2D eigenvalue weighted by Gasteiger charge is 2.17. The van der Waals surface area contributed by atoms with Crippen molar-refractivity contribution in [3.05, 3.63) is 77.4 Å². The first-order valence-electron chi connectivity index (χ1n) is 6.86. The van der Waals surface area contributed by atoms with E-state index in [2.05, 4.69) is 60.0 Å². The van der Waals surface area contributed by atoms with E-state index in [1.807, 2.05) is 6.08 Å². The van der Waals surface area contributed by atoms with Crippen LogP contribution in [0.3, 0.4) is 0 Å². The van der Waals surface area contributed by atoms with Crippen molar-refractivity contribution in [3.8, 4) is 0 Å². The van der Waals surface area contributed by atoms with Gasteiger partial charge in [0.05, 0.1) is 0 Å². The maximum Gasteiger partial charge on any atom is 0.0246 e. The molecule has 0 aliphatic carbocycles. The van der Waals surface area contributed by atoms with Crippen molar-refractivity contribution in [1.82, 2.24) is 4.90 Å². The molecule has 0 spiro atoms. The van der Waals surface area contributed by atoms with Crippen LogP contribution in [0.4, 0.5) is 0 Å². The number of benzene rings is 2. The Morgan fingerprint density at radius 1 is 1.05 bits per heavy atom. The summed E-state index contributed by atoms with van der Waals surface area (Å²) in [5.74, 6) is 0. The summed E-state index contributed by atoms with van der Waals surface area (Å²) >= 11 is 0. The number of fused-ring (bicyclic) bond motifs is 1. The van der Waals surface area contributed by atoms with Gasteiger partial charge in [-0.05, 0) is 28.7 Å². The van der Waals surface area contributed by atoms with E-state index < -0.39 is 0 Å². The lowest BCUT2D eigenvalue weighted by Crippen LogP contribution is -2.30. The molecule has 0 atom stereocenters. The maximum absolute atomic E-state index is 3.93. The van der Waals surface area contributed by atoms with Gasteiger partial charge in [0.2, 0.25) is 0 Å². The summed E-state index contributed by atoms with van der Waals surface area (Å²) in [6.45, 7) is 7.14. The first-order chi connectivity index (χ1) is 9.36. The fourth-order valence-electron chi connectivity index (χ4n) is 2.83. The van der Waals surface area contributed by atoms with Gasteiger partial charge in [-0.1, -0.05) is 61.2 Å². The van der Waals surface area contributed by atoms with Gasteiger partial charge in [-0.15, -0.1) is 0 Å². The lowest BCUT2D eigenvalue weighted by molar-refractivity contribution is 0.245. The topological polar surface area (TPSA) is 3.24 Å². The van der Waals surface area contributed by atoms with Gasteiger partial charge in [-0.25, -0.2) is 0 Å². The molecular weight excluding hydrogens is 230 g/mol. The molecule has 96 valence electrons. The molecule has 0 unspecified atom stereocenters. The Kier molecular flexibility index (Phi) is 3.47. The molecular formula is C18H19N. The molecule has 2 aromatic rings. The summed E-state index contributed by atoms with van der Waals surface area (Å²) in [7, 11) is 0. The monoisotopic (exact) mass is 249 g/mol. The average Bonchev–Trinajstić information content (AvgIpc) is 2.47. The van der Waals surface area contributed by atoms with Gasteiger partial charge in [-0.2, -0.15) is 0 Å². The van der Waals surface area contributed by atoms with Crippen molar-refractivity contribution in [2.75, 3.05) is 6.54 Å². The summed E-state index contributed by atoms with van der Waals surface area (Å²) in [5.41, 5.74) is 5.62. The first kappa shape index (κ1) is 12.2. The van der Waals surface area contributed by atoms with Crippen molar-refractivity contribution in [2.24, 2.45) is 0 Å². The van der Waals surface area contributed by atoms with Crippen LogP contribution in [-0.4, -0.2) is 11.4 Å². The molecule has 1 aliphatic rings. The fourth-order valence-corrected chi connectivity index (χ4v) is 2.83. The van der Waals surface area contributed by atoms with Gasteiger partial charge in [0.15, 0.2) is 0 Å². The van der Waals surface area contributed by atoms with Crippen molar-refractivity contribution < 1.29 is 0 Å². The molecule has 19 heavy (non-hydrogen) atoms. The van der Waals surface area contributed by atoms with E-state index in [0.29, 0.717) is 0 Å². The van der Waals surface area contributed by atoms with Crippen LogP contribution in [0.25, 0.3) is 6.08 Å². The number of rotatable bonds is 3. The highest BCUT2D eigenvalue weighted by molar-refractivity contribution is 5.55. The van der Waals surface area contributed by atoms with Crippen molar-refractivity contribution in [3.63, 3.8) is 0 Å². The van der Waals surface area contributed by atoms with Crippen LogP contribution in [0.2, 0.25) is 0 Å². The third kappa shape index (κ3) is 2.61. The number of nitrogens with zero attached hydrogens (tertiary/aromatic N) is 1. The quantitative estimate of drug-likeness (QED) is 0.797. The molecule has 1 heteroatoms. The Hall–Kier alpha value is -1.86. The van der Waals surface area contributed by atoms with Crippen molar-refractivity contribution in [2.45, 2.75) is 19.5 Å². The third-order valence-electron chi connectivity index (χ3n) is 3.86. The predicted molar refractivity (Wildman–Crippen MR) is 80.8 cm³/mol. The molecule has 1 heterocycles. The van der Waals surface area contributed by atoms with Gasteiger partial charge in [0, 0.05) is 19.6 Å². The largest absolute Gasteiger partial charge is 0.294 e. The van der Waals surface area contributed by atoms with Crippen LogP contribution < -0.4 is 0 Å². The lowest BCUT2D eigenvalue weighted by Gasteiger charge is -2.30. The van der Waals surface area contributed by atoms with Gasteiger partial charge < -0.3 is 0 Å². The van der Waals surface area contributed by atoms with E-state index in [1.54, 1.807) is 0 Å². The average molecular weight is 249 g/mol. The van der Waals surface area contributed by atoms with Gasteiger partial charge in [0.1, 0.15) is 0 Å². The van der Waals surface area contributed by atoms with E-state index in [4.69, 9.17) is 0 Å². The highest BCUT2D eigenvalue weighted by atomic mass is 15.1. The van der Waals surface area contributed by atoms with Crippen molar-refractivity contribution >= 4 is 6.08 Å². The SMILES string of the molecule is C=Cc1cccc2c1CN(Cc1ccccc1)CC2. The van der Waals surface area contributed by atoms with Gasteiger partial charge in [-0.3, -0.25) is 4.90 Å². The van der Waals surface area contributed by atoms with E-state index >= 15 is 0 Å². The van der Waals surface area contributed by atoms with E-state index in [-0.39, 0.29) is 0 Å². The van der Waals surface area contributed by atoms with Crippen molar-refractivity contribution in [1.29, 1.82) is 0 Å². The minimum atomic E-state index is 1.03. The Morgan fingerprint density at radius 3 is 2.68 bits per heavy atom. The van der Waals surface area contributed by atoms with Gasteiger partial charge >= 0.3 is 0 Å². The van der Waals surface area contributed by atoms with Crippen LogP contribution in [0, 0.1) is 0 Å². The molecule has 1 aliphatic heterocycles. The first-order valence-corrected chi connectivity index (χ1v) is 6.86. The molecule has 0 bridgehead atoms. The second-order valence-electron chi connectivity index (χ2n) is 5.14. The van der Waals surface area contributed by atoms with Crippen LogP contribution in [-0.2, 0) is 19.5 Å². The minimum Gasteiger partial charge on any atom is -0.294 e. The minimum absolute atomic E-state index is 1.03. The Bertz CT molecular complexity index is 571. The summed E-state index contributed by atoms with van der Waals surface area (Å²) in [6.07, 6.45) is 3.12. The van der Waals surface area contributed by atoms with E-state index in [9.17, 15) is 0 Å². The summed E-state index contributed by atoms with van der Waals surface area (Å²) in [6, 6.07) is 17.3. The van der Waals surface area contributed by atoms with Crippen LogP contribution in [0.5, 0.6) is 0 Å². The second kappa shape index (κ2) is 5.41. The molecule has 0 saturated carbocycles. The Morgan fingerprint density at radius 2 is 1.89 bits per heavy atom. The third-order valence-corrected chi connectivity index (χ3v) is 3.86. The van der Waals surface area contributed by atoms with Crippen LogP contribution in [0.15, 0.2) is 55.1 Å². The zero-order chi connectivity index (χ0) is 13.1. The van der Waals surface area contributed by atoms with E-state index in [0.717, 1.165) is 26.1 Å². The molecule has 0 fully saturated rings. The van der Waals surface area contributed by atoms with Crippen LogP contribution >= 0.6 is 0 Å². The van der Waals surface area contributed by atoms with Gasteiger partial charge in [0.25, 0.3) is 0 Å². The fraction of sp³-hybridized carbons (Fsp3) is 0.222. The van der Waals surface area contributed by atoms with E-state index in [1.165, 1.54) is 22.3 Å². The zero-order valence-electron chi connectivity index (χ0n) is 11.2. The number of hydrogen-bond acceptors (Lipinski definition) is 1. The molecule has 0 N–H and O–H groups in total. The normalized spacial score (nSPS) is 14.9. The summed E-state index contributed by atoms with van der Waals surface area (Å²) in [5, 5.41) is 0. The lowest BCUT2D eigenvalue weighted by atomic mass is 9.94. The molecule has 0 saturated heterocycles.